The van der Waals surface area contributed by atoms with Crippen molar-refractivity contribution >= 4 is 112 Å². The third-order valence-electron chi connectivity index (χ3n) is 17.1. The Hall–Kier alpha value is -10.5. The summed E-state index contributed by atoms with van der Waals surface area (Å²) in [5.74, 6) is -19.2. The maximum atomic E-state index is 14.6. The summed E-state index contributed by atoms with van der Waals surface area (Å²) in [6.45, 7) is 7.04. The molecule has 17 amide bonds. The molecule has 0 aromatic rings. The van der Waals surface area contributed by atoms with E-state index in [1.165, 1.54) is 13.8 Å². The summed E-state index contributed by atoms with van der Waals surface area (Å²) < 4.78 is 0. The molecular weight excluding hydrogens is 1440 g/mol. The highest BCUT2D eigenvalue weighted by molar-refractivity contribution is 6.00. The Morgan fingerprint density at radius 2 is 0.725 bits per heavy atom. The van der Waals surface area contributed by atoms with Crippen molar-refractivity contribution in [3.05, 3.63) is 0 Å². The van der Waals surface area contributed by atoms with Crippen molar-refractivity contribution in [1.29, 1.82) is 0 Å². The molecule has 44 nitrogen and oxygen atoms in total. The molecule has 0 unspecified atom stereocenters. The monoisotopic (exact) mass is 1550 g/mol. The number of carbonyl (C=O) groups excluding carboxylic acids is 17. The van der Waals surface area contributed by atoms with Gasteiger partial charge in [0.15, 0.2) is 12.0 Å². The minimum Gasteiger partial charge on any atom is -0.480 e. The highest BCUT2D eigenvalue weighted by Crippen LogP contribution is 2.22. The number of nitrogens with two attached hydrogens (primary N) is 10. The number of carboxylic acids is 1. The lowest BCUT2D eigenvalue weighted by Crippen LogP contribution is -2.61. The lowest BCUT2D eigenvalue weighted by atomic mass is 10.0. The number of amides is 17. The molecule has 1 fully saturated rings. The van der Waals surface area contributed by atoms with Gasteiger partial charge in [-0.05, 0) is 143 Å². The fraction of sp³-hybridized carbons (Fsp3) is 0.708. The topological polar surface area (TPSA) is 776 Å². The zero-order chi connectivity index (χ0) is 82.9. The number of nitrogens with one attached hydrogen (secondary N) is 11. The second kappa shape index (κ2) is 50.2. The van der Waals surface area contributed by atoms with Gasteiger partial charge in [-0.25, -0.2) is 4.79 Å². The minimum atomic E-state index is -1.89. The van der Waals surface area contributed by atoms with Crippen LogP contribution in [-0.4, -0.2) is 250 Å². The highest BCUT2D eigenvalue weighted by Gasteiger charge is 2.42. The molecule has 1 rings (SSSR count). The number of unbranched alkanes of at least 4 members (excludes halogenated alkanes) is 2. The Labute approximate surface area is 629 Å². The number of primary amides is 5. The van der Waals surface area contributed by atoms with Crippen LogP contribution < -0.4 is 116 Å². The number of aliphatic imine (C=N–C) groups is 1. The van der Waals surface area contributed by atoms with Gasteiger partial charge < -0.3 is 136 Å². The van der Waals surface area contributed by atoms with Gasteiger partial charge in [-0.1, -0.05) is 13.8 Å². The molecule has 0 radical (unpaired) electrons. The van der Waals surface area contributed by atoms with E-state index in [0.717, 1.165) is 11.8 Å². The summed E-state index contributed by atoms with van der Waals surface area (Å²) >= 11 is 0. The van der Waals surface area contributed by atoms with Gasteiger partial charge >= 0.3 is 5.97 Å². The van der Waals surface area contributed by atoms with E-state index in [9.17, 15) is 102 Å². The number of rotatable bonds is 55. The molecule has 0 spiro atoms. The van der Waals surface area contributed by atoms with Crippen molar-refractivity contribution in [3.63, 3.8) is 0 Å². The number of hydrogen-bond acceptors (Lipinski definition) is 24. The number of carboxylic acid groups (broad SMARTS) is 1. The largest absolute Gasteiger partial charge is 0.480 e. The van der Waals surface area contributed by atoms with Gasteiger partial charge in [0.05, 0.1) is 12.2 Å². The number of aliphatic hydroxyl groups excluding tert-OH is 2. The van der Waals surface area contributed by atoms with Crippen LogP contribution in [0, 0.1) is 5.92 Å². The van der Waals surface area contributed by atoms with E-state index in [0.29, 0.717) is 0 Å². The first-order valence-corrected chi connectivity index (χ1v) is 35.9. The standard InChI is InChI=1S/C65H115N23O21/c1-31(2)30-43(86-52(96)32(3)77-53(97)38(16-21-45(68)91)85-62(106)50(73)33(4)89)63(107)88-29-11-15-44(88)61(105)84-41(19-24-48(71)94)59(103)80-37(14-10-28-76-65(74)75)56(100)82-39(17-22-46(69)92)57(101)79-35(12-6-8-26-66)54(98)78-36(13-7-9-27-67)55(99)81-40(18-23-47(70)93)58(102)83-42(20-25-49(72)95)60(104)87-51(34(5)90)64(108)109/h31-44,50-51,89-90H,6-30,66-67,73H2,1-5H3,(H2,68,91)(H2,69,92)(H2,70,93)(H2,71,94)(H2,72,95)(H,77,97)(H,78,98)(H,79,101)(H,80,103)(H,81,99)(H,82,100)(H,83,102)(H,84,105)(H,85,106)(H,86,96)(H,87,104)(H,108,109)(H4,74,75,76)/t32-,33+,34+,35-,36-,37-,38-,39-,40-,41-,42-,43-,44-,50-,51-/m0/s1. The zero-order valence-corrected chi connectivity index (χ0v) is 62.3. The summed E-state index contributed by atoms with van der Waals surface area (Å²) in [5, 5.41) is 56.1. The van der Waals surface area contributed by atoms with Gasteiger partial charge in [0.2, 0.25) is 100 Å². The van der Waals surface area contributed by atoms with E-state index in [-0.39, 0.29) is 122 Å². The molecule has 0 aliphatic carbocycles. The zero-order valence-electron chi connectivity index (χ0n) is 62.3. The Balaban J connectivity index is 3.78. The SMILES string of the molecule is CC(C)C[C@H](NC(=O)[C@H](C)NC(=O)[C@H](CCC(N)=O)NC(=O)[C@@H](N)[C@@H](C)O)C(=O)N1CCC[C@H]1C(=O)N[C@@H](CCC(N)=O)C(=O)N[C@@H](CCCN=C(N)N)C(=O)N[C@@H](CCC(N)=O)C(=O)N[C@@H](CCCCN)C(=O)N[C@@H](CCCCN)C(=O)N[C@@H](CCC(N)=O)C(=O)N[C@@H](CCC(N)=O)C(=O)N[C@H](C(=O)O)[C@@H](C)O. The number of carbonyl (C=O) groups is 18. The average Bonchev–Trinajstić information content (AvgIpc) is 1.74. The van der Waals surface area contributed by atoms with Crippen LogP contribution >= 0.6 is 0 Å². The fourth-order valence-corrected chi connectivity index (χ4v) is 11.0. The number of guanidine groups is 1. The van der Waals surface area contributed by atoms with Gasteiger partial charge in [-0.15, -0.1) is 0 Å². The number of aliphatic hydroxyl groups is 2. The highest BCUT2D eigenvalue weighted by atomic mass is 16.4. The van der Waals surface area contributed by atoms with E-state index in [1.54, 1.807) is 13.8 Å². The van der Waals surface area contributed by atoms with Crippen LogP contribution in [-0.2, 0) is 86.3 Å². The van der Waals surface area contributed by atoms with E-state index in [2.05, 4.69) is 58.2 Å². The predicted molar refractivity (Wildman–Crippen MR) is 388 cm³/mol. The van der Waals surface area contributed by atoms with Crippen LogP contribution in [0.3, 0.4) is 0 Å². The molecule has 109 heavy (non-hydrogen) atoms. The normalized spacial score (nSPS) is 16.4. The van der Waals surface area contributed by atoms with E-state index in [4.69, 9.17) is 57.3 Å². The second-order valence-electron chi connectivity index (χ2n) is 27.0. The van der Waals surface area contributed by atoms with Gasteiger partial charge in [0.25, 0.3) is 0 Å². The summed E-state index contributed by atoms with van der Waals surface area (Å²) in [7, 11) is 0. The van der Waals surface area contributed by atoms with Crippen molar-refractivity contribution in [2.24, 2.45) is 68.2 Å². The van der Waals surface area contributed by atoms with Crippen LogP contribution in [0.5, 0.6) is 0 Å². The van der Waals surface area contributed by atoms with Crippen molar-refractivity contribution in [3.8, 4) is 0 Å². The Morgan fingerprint density at radius 3 is 1.05 bits per heavy atom. The first kappa shape index (κ1) is 96.5. The third-order valence-corrected chi connectivity index (χ3v) is 17.1. The summed E-state index contributed by atoms with van der Waals surface area (Å²) in [4.78, 5) is 246. The van der Waals surface area contributed by atoms with Gasteiger partial charge in [0, 0.05) is 45.2 Å². The summed E-state index contributed by atoms with van der Waals surface area (Å²) in [6.07, 6.45) is -7.64. The Morgan fingerprint density at radius 1 is 0.404 bits per heavy atom. The third kappa shape index (κ3) is 37.8. The van der Waals surface area contributed by atoms with Crippen molar-refractivity contribution in [1.82, 2.24) is 63.4 Å². The summed E-state index contributed by atoms with van der Waals surface area (Å²) in [5.41, 5.74) is 55.4. The molecule has 1 aliphatic rings. The van der Waals surface area contributed by atoms with Crippen molar-refractivity contribution in [2.75, 3.05) is 26.2 Å². The molecule has 0 aromatic heterocycles. The first-order chi connectivity index (χ1) is 51.0. The van der Waals surface area contributed by atoms with Gasteiger partial charge in [-0.2, -0.15) is 0 Å². The molecule has 1 saturated heterocycles. The van der Waals surface area contributed by atoms with E-state index >= 15 is 0 Å². The first-order valence-electron chi connectivity index (χ1n) is 35.9. The molecular formula is C65H115N23O21. The smallest absolute Gasteiger partial charge is 0.328 e. The maximum absolute atomic E-state index is 14.6. The fourth-order valence-electron chi connectivity index (χ4n) is 11.0. The molecule has 34 N–H and O–H groups in total. The minimum absolute atomic E-state index is 0.00565. The van der Waals surface area contributed by atoms with Crippen LogP contribution in [0.2, 0.25) is 0 Å². The quantitative estimate of drug-likeness (QED) is 0.0153. The maximum Gasteiger partial charge on any atom is 0.328 e. The van der Waals surface area contributed by atoms with Crippen molar-refractivity contribution < 1.29 is 102 Å². The average molecular weight is 1550 g/mol. The lowest BCUT2D eigenvalue weighted by Gasteiger charge is -2.31. The van der Waals surface area contributed by atoms with E-state index in [1.807, 2.05) is 5.32 Å². The van der Waals surface area contributed by atoms with Gasteiger partial charge in [0.1, 0.15) is 72.5 Å². The van der Waals surface area contributed by atoms with Crippen molar-refractivity contribution in [2.45, 2.75) is 260 Å². The number of hydrogen-bond donors (Lipinski definition) is 24. The van der Waals surface area contributed by atoms with Crippen LogP contribution in [0.4, 0.5) is 0 Å². The lowest BCUT2D eigenvalue weighted by molar-refractivity contribution is -0.145. The Kier molecular flexibility index (Phi) is 44.5. The molecule has 0 saturated carbocycles. The molecule has 0 aromatic carbocycles. The Bertz CT molecular complexity index is 3170. The number of likely N-dealkylation sites (tertiary alicyclic amines) is 1. The molecule has 1 heterocycles. The number of aliphatic carboxylic acids is 1. The van der Waals surface area contributed by atoms with Crippen LogP contribution in [0.25, 0.3) is 0 Å². The second-order valence-corrected chi connectivity index (χ2v) is 27.0. The molecule has 1 aliphatic heterocycles. The van der Waals surface area contributed by atoms with Crippen LogP contribution in [0.15, 0.2) is 4.99 Å². The molecule has 15 atom stereocenters. The van der Waals surface area contributed by atoms with Gasteiger partial charge in [-0.3, -0.25) is 86.5 Å². The van der Waals surface area contributed by atoms with E-state index < -0.39 is 249 Å². The predicted octanol–water partition coefficient (Wildman–Crippen LogP) is -10.8. The molecule has 44 heteroatoms. The van der Waals surface area contributed by atoms with Crippen LogP contribution in [0.1, 0.15) is 169 Å². The summed E-state index contributed by atoms with van der Waals surface area (Å²) in [6, 6.07) is -20.6. The molecule has 616 valence electrons. The number of nitrogens with zero attached hydrogens (tertiary/aromatic N) is 2. The molecule has 0 bridgehead atoms.